The summed E-state index contributed by atoms with van der Waals surface area (Å²) >= 11 is 0. The van der Waals surface area contributed by atoms with Gasteiger partial charge in [0.25, 0.3) is 5.91 Å². The van der Waals surface area contributed by atoms with Crippen LogP contribution >= 0.6 is 0 Å². The third-order valence-corrected chi connectivity index (χ3v) is 2.77. The molecule has 0 aliphatic heterocycles. The van der Waals surface area contributed by atoms with Crippen molar-refractivity contribution in [3.63, 3.8) is 0 Å². The molecule has 0 spiro atoms. The van der Waals surface area contributed by atoms with Crippen molar-refractivity contribution in [2.75, 3.05) is 0 Å². The van der Waals surface area contributed by atoms with Crippen molar-refractivity contribution < 1.29 is 33.0 Å². The van der Waals surface area contributed by atoms with Crippen molar-refractivity contribution in [3.05, 3.63) is 29.1 Å². The van der Waals surface area contributed by atoms with E-state index >= 15 is 0 Å². The zero-order valence-electron chi connectivity index (χ0n) is 11.5. The second-order valence-corrected chi connectivity index (χ2v) is 5.49. The van der Waals surface area contributed by atoms with Gasteiger partial charge in [0.1, 0.15) is 6.04 Å². The Morgan fingerprint density at radius 1 is 1.19 bits per heavy atom. The topological polar surface area (TPSA) is 86.6 Å². The molecule has 1 aromatic rings. The Morgan fingerprint density at radius 3 is 2.14 bits per heavy atom. The maximum Gasteiger partial charge on any atom is 0.326 e. The number of rotatable bonds is 3. The fourth-order valence-electron chi connectivity index (χ4n) is 1.61. The zero-order chi connectivity index (χ0) is 16.5. The van der Waals surface area contributed by atoms with Crippen LogP contribution in [0.2, 0.25) is 0 Å². The Labute approximate surface area is 118 Å². The van der Waals surface area contributed by atoms with Gasteiger partial charge in [0.05, 0.1) is 5.56 Å². The fraction of sp³-hybridized carbons (Fsp3) is 0.385. The molecule has 3 N–H and O–H groups in total. The minimum Gasteiger partial charge on any atom is -0.503 e. The van der Waals surface area contributed by atoms with Gasteiger partial charge in [-0.05, 0) is 11.5 Å². The van der Waals surface area contributed by atoms with E-state index in [1.165, 1.54) is 20.8 Å². The minimum absolute atomic E-state index is 0.251. The van der Waals surface area contributed by atoms with E-state index in [0.717, 1.165) is 0 Å². The van der Waals surface area contributed by atoms with Crippen LogP contribution in [0.3, 0.4) is 0 Å². The molecule has 21 heavy (non-hydrogen) atoms. The molecule has 5 nitrogen and oxygen atoms in total. The third-order valence-electron chi connectivity index (χ3n) is 2.77. The van der Waals surface area contributed by atoms with Gasteiger partial charge in [-0.1, -0.05) is 20.8 Å². The van der Waals surface area contributed by atoms with E-state index < -0.39 is 52.1 Å². The Balaban J connectivity index is 3.19. The minimum atomic E-state index is -1.82. The molecule has 1 atom stereocenters. The Kier molecular flexibility index (Phi) is 4.50. The molecule has 0 aliphatic rings. The standard InChI is InChI=1S/C13H14F3NO4/c1-13(2,3)10(12(20)21)17-11(19)5-4-6(14)8(16)9(18)7(5)15/h4,10,18H,1-3H3,(H,17,19)(H,20,21)/t10-/m1/s1. The summed E-state index contributed by atoms with van der Waals surface area (Å²) in [5.41, 5.74) is -1.89. The van der Waals surface area contributed by atoms with Gasteiger partial charge in [-0.2, -0.15) is 4.39 Å². The summed E-state index contributed by atoms with van der Waals surface area (Å²) < 4.78 is 39.6. The van der Waals surface area contributed by atoms with E-state index in [0.29, 0.717) is 0 Å². The number of carbonyl (C=O) groups excluding carboxylic acids is 1. The van der Waals surface area contributed by atoms with Crippen molar-refractivity contribution in [1.82, 2.24) is 5.32 Å². The maximum atomic E-state index is 13.6. The molecule has 1 aromatic carbocycles. The van der Waals surface area contributed by atoms with Crippen LogP contribution in [-0.4, -0.2) is 28.1 Å². The second kappa shape index (κ2) is 5.63. The van der Waals surface area contributed by atoms with Crippen molar-refractivity contribution in [3.8, 4) is 5.75 Å². The second-order valence-electron chi connectivity index (χ2n) is 5.49. The quantitative estimate of drug-likeness (QED) is 0.746. The zero-order valence-corrected chi connectivity index (χ0v) is 11.5. The third kappa shape index (κ3) is 3.45. The molecule has 1 rings (SSSR count). The van der Waals surface area contributed by atoms with E-state index in [2.05, 4.69) is 0 Å². The summed E-state index contributed by atoms with van der Waals surface area (Å²) in [4.78, 5) is 22.9. The number of halogens is 3. The van der Waals surface area contributed by atoms with Gasteiger partial charge in [-0.15, -0.1) is 0 Å². The molecular weight excluding hydrogens is 291 g/mol. The van der Waals surface area contributed by atoms with Gasteiger partial charge in [0, 0.05) is 0 Å². The number of nitrogens with one attached hydrogen (secondary N) is 1. The first kappa shape index (κ1) is 16.8. The number of aliphatic carboxylic acids is 1. The van der Waals surface area contributed by atoms with Crippen LogP contribution in [-0.2, 0) is 4.79 Å². The molecule has 0 saturated carbocycles. The lowest BCUT2D eigenvalue weighted by atomic mass is 9.86. The van der Waals surface area contributed by atoms with Gasteiger partial charge in [0.15, 0.2) is 17.4 Å². The van der Waals surface area contributed by atoms with Crippen LogP contribution in [0.5, 0.6) is 5.75 Å². The number of hydrogen-bond donors (Lipinski definition) is 3. The molecule has 0 radical (unpaired) electrons. The number of carboxylic acid groups (broad SMARTS) is 1. The number of hydrogen-bond acceptors (Lipinski definition) is 3. The summed E-state index contributed by atoms with van der Waals surface area (Å²) in [5.74, 6) is -9.39. The van der Waals surface area contributed by atoms with Crippen molar-refractivity contribution >= 4 is 11.9 Å². The highest BCUT2D eigenvalue weighted by Gasteiger charge is 2.34. The first-order chi connectivity index (χ1) is 9.46. The summed E-state index contributed by atoms with van der Waals surface area (Å²) in [6.45, 7) is 4.56. The molecule has 0 aromatic heterocycles. The number of amides is 1. The van der Waals surface area contributed by atoms with Crippen LogP contribution in [0, 0.1) is 22.9 Å². The molecule has 0 fully saturated rings. The summed E-state index contributed by atoms with van der Waals surface area (Å²) in [6.07, 6.45) is 0. The number of aromatic hydroxyl groups is 1. The van der Waals surface area contributed by atoms with Crippen LogP contribution in [0.15, 0.2) is 6.07 Å². The Hall–Kier alpha value is -2.25. The molecule has 0 bridgehead atoms. The Bertz CT molecular complexity index is 596. The summed E-state index contributed by atoms with van der Waals surface area (Å²) in [5, 5.41) is 20.1. The lowest BCUT2D eigenvalue weighted by Crippen LogP contribution is -2.49. The SMILES string of the molecule is CC(C)(C)[C@H](NC(=O)c1cc(F)c(F)c(O)c1F)C(=O)O. The maximum absolute atomic E-state index is 13.6. The first-order valence-electron chi connectivity index (χ1n) is 5.87. The normalized spacial score (nSPS) is 12.9. The predicted molar refractivity (Wildman–Crippen MR) is 66.3 cm³/mol. The number of phenolic OH excluding ortho intramolecular Hbond substituents is 1. The fourth-order valence-corrected chi connectivity index (χ4v) is 1.61. The van der Waals surface area contributed by atoms with Crippen LogP contribution in [0.25, 0.3) is 0 Å². The highest BCUT2D eigenvalue weighted by Crippen LogP contribution is 2.26. The first-order valence-corrected chi connectivity index (χ1v) is 5.87. The van der Waals surface area contributed by atoms with Gasteiger partial charge in [0.2, 0.25) is 5.82 Å². The van der Waals surface area contributed by atoms with Crippen LogP contribution in [0.1, 0.15) is 31.1 Å². The molecule has 1 amide bonds. The van der Waals surface area contributed by atoms with E-state index in [-0.39, 0.29) is 6.07 Å². The number of phenols is 1. The monoisotopic (exact) mass is 305 g/mol. The number of carboxylic acids is 1. The van der Waals surface area contributed by atoms with Crippen LogP contribution < -0.4 is 5.32 Å². The summed E-state index contributed by atoms with van der Waals surface area (Å²) in [6, 6.07) is -1.14. The highest BCUT2D eigenvalue weighted by atomic mass is 19.2. The predicted octanol–water partition coefficient (Wildman–Crippen LogP) is 2.04. The van der Waals surface area contributed by atoms with Gasteiger partial charge in [-0.25, -0.2) is 13.6 Å². The lowest BCUT2D eigenvalue weighted by Gasteiger charge is -2.27. The molecule has 0 saturated heterocycles. The molecule has 116 valence electrons. The largest absolute Gasteiger partial charge is 0.503 e. The number of benzene rings is 1. The van der Waals surface area contributed by atoms with Crippen molar-refractivity contribution in [2.45, 2.75) is 26.8 Å². The average Bonchev–Trinajstić information content (AvgIpc) is 2.35. The lowest BCUT2D eigenvalue weighted by molar-refractivity contribution is -0.142. The smallest absolute Gasteiger partial charge is 0.326 e. The summed E-state index contributed by atoms with van der Waals surface area (Å²) in [7, 11) is 0. The average molecular weight is 305 g/mol. The van der Waals surface area contributed by atoms with E-state index in [1.54, 1.807) is 0 Å². The van der Waals surface area contributed by atoms with Gasteiger partial charge < -0.3 is 15.5 Å². The molecule has 0 aliphatic carbocycles. The number of carbonyl (C=O) groups is 2. The van der Waals surface area contributed by atoms with Crippen LogP contribution in [0.4, 0.5) is 13.2 Å². The van der Waals surface area contributed by atoms with Gasteiger partial charge in [-0.3, -0.25) is 4.79 Å². The Morgan fingerprint density at radius 2 is 1.71 bits per heavy atom. The molecule has 8 heteroatoms. The molecule has 0 unspecified atom stereocenters. The van der Waals surface area contributed by atoms with E-state index in [1.807, 2.05) is 5.32 Å². The van der Waals surface area contributed by atoms with Crippen molar-refractivity contribution in [2.24, 2.45) is 5.41 Å². The van der Waals surface area contributed by atoms with E-state index in [4.69, 9.17) is 10.2 Å². The highest BCUT2D eigenvalue weighted by molar-refractivity contribution is 5.97. The van der Waals surface area contributed by atoms with E-state index in [9.17, 15) is 22.8 Å². The molecular formula is C13H14F3NO4. The molecule has 0 heterocycles. The van der Waals surface area contributed by atoms with Gasteiger partial charge >= 0.3 is 5.97 Å². The van der Waals surface area contributed by atoms with Crippen molar-refractivity contribution in [1.29, 1.82) is 0 Å².